The average molecular weight is 595 g/mol. The summed E-state index contributed by atoms with van der Waals surface area (Å²) in [6.07, 6.45) is 16.7. The largest absolute Gasteiger partial charge is 0.493 e. The molecule has 43 heavy (non-hydrogen) atoms. The molecule has 0 radical (unpaired) electrons. The fourth-order valence-electron chi connectivity index (χ4n) is 10.4. The molecule has 0 amide bonds. The zero-order valence-electron chi connectivity index (χ0n) is 28.3. The van der Waals surface area contributed by atoms with Crippen molar-refractivity contribution in [2.75, 3.05) is 21.3 Å². The Morgan fingerprint density at radius 1 is 0.907 bits per heavy atom. The number of carbonyl (C=O) groups is 1. The summed E-state index contributed by atoms with van der Waals surface area (Å²) in [5.41, 5.74) is 3.13. The normalized spacial score (nSPS) is 34.0. The third kappa shape index (κ3) is 6.21. The summed E-state index contributed by atoms with van der Waals surface area (Å²) in [5, 5.41) is 0. The highest BCUT2D eigenvalue weighted by molar-refractivity contribution is 5.74. The van der Waals surface area contributed by atoms with Gasteiger partial charge in [-0.15, -0.1) is 0 Å². The van der Waals surface area contributed by atoms with Crippen molar-refractivity contribution in [3.05, 3.63) is 29.3 Å². The standard InChI is InChI=1S/C38H58O5/c1-24(2)10-9-11-25(3)30-14-15-31-29-13-12-27-23-28(16-18-37(27,4)32(29)17-19-38(30,31)5)43-35(39)22-26-20-33(40-6)36(42-8)34(21-26)41-7/h12,20-21,24-25,28-32H,9-11,13-19,22-23H2,1-8H3/t25-,28+,29-,30+,31-,32+,37+,38-/m1/s1. The molecule has 5 rings (SSSR count). The van der Waals surface area contributed by atoms with Crippen LogP contribution >= 0.6 is 0 Å². The van der Waals surface area contributed by atoms with E-state index in [-0.39, 0.29) is 23.9 Å². The molecule has 0 bridgehead atoms. The van der Waals surface area contributed by atoms with Crippen LogP contribution in [0.5, 0.6) is 17.2 Å². The summed E-state index contributed by atoms with van der Waals surface area (Å²) < 4.78 is 22.5. The average Bonchev–Trinajstić information content (AvgIpc) is 3.33. The highest BCUT2D eigenvalue weighted by Crippen LogP contribution is 2.67. The highest BCUT2D eigenvalue weighted by atomic mass is 16.5. The van der Waals surface area contributed by atoms with Crippen molar-refractivity contribution in [3.63, 3.8) is 0 Å². The molecule has 3 fully saturated rings. The van der Waals surface area contributed by atoms with Gasteiger partial charge in [-0.1, -0.05) is 65.5 Å². The Bertz CT molecular complexity index is 1150. The Labute approximate surface area is 261 Å². The minimum atomic E-state index is -0.190. The second kappa shape index (κ2) is 13.1. The number of rotatable bonds is 11. The van der Waals surface area contributed by atoms with Crippen LogP contribution in [0.25, 0.3) is 0 Å². The Hall–Kier alpha value is -2.17. The van der Waals surface area contributed by atoms with Gasteiger partial charge in [0.25, 0.3) is 0 Å². The number of benzene rings is 1. The van der Waals surface area contributed by atoms with Crippen LogP contribution in [-0.2, 0) is 16.0 Å². The first kappa shape index (κ1) is 32.2. The van der Waals surface area contributed by atoms with E-state index in [2.05, 4.69) is 40.7 Å². The molecule has 0 aromatic heterocycles. The van der Waals surface area contributed by atoms with Gasteiger partial charge in [-0.05, 0) is 109 Å². The number of carbonyl (C=O) groups excluding carboxylic acids is 1. The lowest BCUT2D eigenvalue weighted by Crippen LogP contribution is -2.51. The number of hydrogen-bond donors (Lipinski definition) is 0. The second-order valence-corrected chi connectivity index (χ2v) is 15.4. The van der Waals surface area contributed by atoms with Gasteiger partial charge in [0.1, 0.15) is 6.10 Å². The first-order valence-electron chi connectivity index (χ1n) is 17.2. The molecule has 1 aromatic carbocycles. The SMILES string of the molecule is COc1cc(CC(=O)O[C@H]2CC[C@@]3(C)C(=CC[C@@H]4[C@H]5CC[C@@H]([C@H](C)CCCC(C)C)[C@@]5(C)CC[C@@H]43)C2)cc(OC)c1OC. The van der Waals surface area contributed by atoms with Gasteiger partial charge in [0, 0.05) is 6.42 Å². The number of allylic oxidation sites excluding steroid dienone is 1. The number of methoxy groups -OCH3 is 3. The lowest BCUT2D eigenvalue weighted by molar-refractivity contribution is -0.150. The first-order valence-corrected chi connectivity index (χ1v) is 17.2. The van der Waals surface area contributed by atoms with Gasteiger partial charge < -0.3 is 18.9 Å². The minimum absolute atomic E-state index is 0.0400. The quantitative estimate of drug-likeness (QED) is 0.189. The van der Waals surface area contributed by atoms with E-state index in [9.17, 15) is 4.79 Å². The van der Waals surface area contributed by atoms with Crippen molar-refractivity contribution in [3.8, 4) is 17.2 Å². The summed E-state index contributed by atoms with van der Waals surface area (Å²) >= 11 is 0. The lowest BCUT2D eigenvalue weighted by atomic mass is 9.47. The Kier molecular flexibility index (Phi) is 9.78. The summed E-state index contributed by atoms with van der Waals surface area (Å²) in [5.74, 6) is 6.47. The van der Waals surface area contributed by atoms with E-state index in [1.165, 1.54) is 51.4 Å². The molecular weight excluding hydrogens is 536 g/mol. The first-order chi connectivity index (χ1) is 20.5. The predicted octanol–water partition coefficient (Wildman–Crippen LogP) is 9.21. The molecular formula is C38H58O5. The molecule has 3 saturated carbocycles. The van der Waals surface area contributed by atoms with Crippen LogP contribution in [0, 0.1) is 46.3 Å². The zero-order valence-corrected chi connectivity index (χ0v) is 28.3. The van der Waals surface area contributed by atoms with Crippen molar-refractivity contribution >= 4 is 5.97 Å². The third-order valence-corrected chi connectivity index (χ3v) is 12.6. The van der Waals surface area contributed by atoms with E-state index in [4.69, 9.17) is 18.9 Å². The minimum Gasteiger partial charge on any atom is -0.493 e. The van der Waals surface area contributed by atoms with Crippen molar-refractivity contribution in [1.29, 1.82) is 0 Å². The van der Waals surface area contributed by atoms with Gasteiger partial charge in [-0.25, -0.2) is 0 Å². The van der Waals surface area contributed by atoms with Gasteiger partial charge in [0.05, 0.1) is 27.8 Å². The van der Waals surface area contributed by atoms with Crippen molar-refractivity contribution in [2.45, 2.75) is 118 Å². The van der Waals surface area contributed by atoms with E-state index < -0.39 is 0 Å². The molecule has 0 spiro atoms. The topological polar surface area (TPSA) is 54.0 Å². The number of ether oxygens (including phenoxy) is 4. The summed E-state index contributed by atoms with van der Waals surface area (Å²) in [6, 6.07) is 3.67. The molecule has 0 heterocycles. The van der Waals surface area contributed by atoms with Gasteiger partial charge in [0.2, 0.25) is 5.75 Å². The van der Waals surface area contributed by atoms with Crippen LogP contribution in [0.15, 0.2) is 23.8 Å². The molecule has 240 valence electrons. The lowest BCUT2D eigenvalue weighted by Gasteiger charge is -2.58. The molecule has 4 aliphatic rings. The van der Waals surface area contributed by atoms with E-state index in [1.807, 2.05) is 12.1 Å². The molecule has 5 nitrogen and oxygen atoms in total. The van der Waals surface area contributed by atoms with Crippen molar-refractivity contribution in [1.82, 2.24) is 0 Å². The van der Waals surface area contributed by atoms with Gasteiger partial charge in [-0.2, -0.15) is 0 Å². The van der Waals surface area contributed by atoms with Gasteiger partial charge >= 0.3 is 5.97 Å². The monoisotopic (exact) mass is 594 g/mol. The summed E-state index contributed by atoms with van der Waals surface area (Å²) in [7, 11) is 4.77. The van der Waals surface area contributed by atoms with Gasteiger partial charge in [0.15, 0.2) is 11.5 Å². The van der Waals surface area contributed by atoms with Crippen LogP contribution < -0.4 is 14.2 Å². The summed E-state index contributed by atoms with van der Waals surface area (Å²) in [4.78, 5) is 13.1. The van der Waals surface area contributed by atoms with Crippen molar-refractivity contribution < 1.29 is 23.7 Å². The van der Waals surface area contributed by atoms with E-state index in [0.717, 1.165) is 60.3 Å². The van der Waals surface area contributed by atoms with E-state index in [1.54, 1.807) is 26.9 Å². The van der Waals surface area contributed by atoms with Crippen LogP contribution in [0.1, 0.15) is 111 Å². The van der Waals surface area contributed by atoms with Crippen LogP contribution in [0.3, 0.4) is 0 Å². The molecule has 0 N–H and O–H groups in total. The Balaban J connectivity index is 1.22. The maximum Gasteiger partial charge on any atom is 0.310 e. The molecule has 0 aliphatic heterocycles. The van der Waals surface area contributed by atoms with Crippen LogP contribution in [0.4, 0.5) is 0 Å². The fraction of sp³-hybridized carbons (Fsp3) is 0.763. The number of hydrogen-bond acceptors (Lipinski definition) is 5. The maximum atomic E-state index is 13.1. The van der Waals surface area contributed by atoms with Crippen LogP contribution in [-0.4, -0.2) is 33.4 Å². The molecule has 0 unspecified atom stereocenters. The van der Waals surface area contributed by atoms with E-state index in [0.29, 0.717) is 22.7 Å². The smallest absolute Gasteiger partial charge is 0.310 e. The highest BCUT2D eigenvalue weighted by Gasteiger charge is 2.59. The van der Waals surface area contributed by atoms with Crippen LogP contribution in [0.2, 0.25) is 0 Å². The molecule has 8 atom stereocenters. The molecule has 0 saturated heterocycles. The van der Waals surface area contributed by atoms with Gasteiger partial charge in [-0.3, -0.25) is 4.79 Å². The maximum absolute atomic E-state index is 13.1. The van der Waals surface area contributed by atoms with E-state index >= 15 is 0 Å². The van der Waals surface area contributed by atoms with Crippen molar-refractivity contribution in [2.24, 2.45) is 46.3 Å². The molecule has 4 aliphatic carbocycles. The Morgan fingerprint density at radius 3 is 2.28 bits per heavy atom. The third-order valence-electron chi connectivity index (χ3n) is 12.6. The number of fused-ring (bicyclic) bond motifs is 5. The number of esters is 1. The molecule has 5 heteroatoms. The second-order valence-electron chi connectivity index (χ2n) is 15.4. The molecule has 1 aromatic rings. The zero-order chi connectivity index (χ0) is 30.9. The summed E-state index contributed by atoms with van der Waals surface area (Å²) in [6.45, 7) is 12.5. The fourth-order valence-corrected chi connectivity index (χ4v) is 10.4. The predicted molar refractivity (Wildman–Crippen MR) is 173 cm³/mol. The Morgan fingerprint density at radius 2 is 1.63 bits per heavy atom.